The fraction of sp³-hybridized carbons (Fsp3) is 0.500. The van der Waals surface area contributed by atoms with Gasteiger partial charge in [-0.2, -0.15) is 0 Å². The van der Waals surface area contributed by atoms with Gasteiger partial charge in [0.05, 0.1) is 22.1 Å². The Labute approximate surface area is 151 Å². The topological polar surface area (TPSA) is 122 Å². The largest absolute Gasteiger partial charge is 0.480 e. The number of nitrogens with two attached hydrogens (primary N) is 2. The summed E-state index contributed by atoms with van der Waals surface area (Å²) in [5.41, 5.74) is 12.2. The van der Waals surface area contributed by atoms with Gasteiger partial charge in [0.15, 0.2) is 0 Å². The number of carboxylic acids is 1. The van der Waals surface area contributed by atoms with Crippen LogP contribution in [-0.2, 0) is 9.53 Å². The highest BCUT2D eigenvalue weighted by atomic mass is 35.5. The number of anilines is 3. The fourth-order valence-corrected chi connectivity index (χ4v) is 2.88. The van der Waals surface area contributed by atoms with Gasteiger partial charge in [0.25, 0.3) is 0 Å². The number of carbonyl (C=O) groups excluding carboxylic acids is 1. The van der Waals surface area contributed by atoms with Crippen LogP contribution in [0.5, 0.6) is 0 Å². The predicted molar refractivity (Wildman–Crippen MR) is 96.9 cm³/mol. The molecule has 1 aromatic rings. The molecule has 0 bridgehead atoms. The third-order valence-corrected chi connectivity index (χ3v) is 4.09. The van der Waals surface area contributed by atoms with Crippen molar-refractivity contribution in [1.82, 2.24) is 4.90 Å². The Bertz CT molecular complexity index is 689. The van der Waals surface area contributed by atoms with Crippen molar-refractivity contribution in [3.05, 3.63) is 17.2 Å². The Hall–Kier alpha value is -2.35. The first kappa shape index (κ1) is 19.0. The van der Waals surface area contributed by atoms with Gasteiger partial charge in [-0.15, -0.1) is 0 Å². The number of carboxylic acid groups (broad SMARTS) is 1. The van der Waals surface area contributed by atoms with Crippen molar-refractivity contribution in [2.75, 3.05) is 36.0 Å². The van der Waals surface area contributed by atoms with Crippen molar-refractivity contribution >= 4 is 40.7 Å². The minimum absolute atomic E-state index is 0.0671. The number of nitrogen functional groups attached to an aromatic ring is 2. The number of rotatable bonds is 2. The molecule has 1 aliphatic rings. The Morgan fingerprint density at radius 2 is 1.84 bits per heavy atom. The van der Waals surface area contributed by atoms with E-state index in [4.69, 9.17) is 27.8 Å². The summed E-state index contributed by atoms with van der Waals surface area (Å²) in [6, 6.07) is 2.08. The highest BCUT2D eigenvalue weighted by Crippen LogP contribution is 2.33. The Kier molecular flexibility index (Phi) is 5.22. The molecule has 1 aliphatic heterocycles. The van der Waals surface area contributed by atoms with Crippen LogP contribution < -0.4 is 16.4 Å². The number of halogens is 1. The van der Waals surface area contributed by atoms with Crippen LogP contribution in [-0.4, -0.2) is 53.3 Å². The van der Waals surface area contributed by atoms with Crippen LogP contribution in [0.15, 0.2) is 12.1 Å². The molecule has 2 rings (SSSR count). The molecule has 1 atom stereocenters. The summed E-state index contributed by atoms with van der Waals surface area (Å²) in [6.45, 7) is 5.84. The maximum absolute atomic E-state index is 12.3. The van der Waals surface area contributed by atoms with Gasteiger partial charge in [-0.05, 0) is 32.9 Å². The van der Waals surface area contributed by atoms with E-state index in [-0.39, 0.29) is 13.1 Å². The highest BCUT2D eigenvalue weighted by molar-refractivity contribution is 6.33. The molecule has 8 nitrogen and oxygen atoms in total. The zero-order valence-electron chi connectivity index (χ0n) is 14.5. The van der Waals surface area contributed by atoms with Gasteiger partial charge in [-0.3, -0.25) is 4.90 Å². The molecular formula is C16H23ClN4O4. The average Bonchev–Trinajstić information content (AvgIpc) is 2.48. The molecule has 0 aromatic heterocycles. The molecule has 25 heavy (non-hydrogen) atoms. The maximum Gasteiger partial charge on any atom is 0.411 e. The van der Waals surface area contributed by atoms with E-state index in [1.165, 1.54) is 11.0 Å². The number of carbonyl (C=O) groups is 2. The van der Waals surface area contributed by atoms with E-state index in [1.54, 1.807) is 31.7 Å². The Morgan fingerprint density at radius 1 is 1.24 bits per heavy atom. The standard InChI is InChI=1S/C16H23ClN4O4/c1-16(2,3)25-15(24)21-5-4-20(8-13(21)14(22)23)12-7-11(19)10(18)6-9(12)17/h6-7,13H,4-5,8,18-19H2,1-3H3,(H,22,23). The quantitative estimate of drug-likeness (QED) is 0.680. The summed E-state index contributed by atoms with van der Waals surface area (Å²) in [7, 11) is 0. The molecule has 1 saturated heterocycles. The van der Waals surface area contributed by atoms with Crippen LogP contribution in [0.4, 0.5) is 21.9 Å². The monoisotopic (exact) mass is 370 g/mol. The van der Waals surface area contributed by atoms with Crippen LogP contribution >= 0.6 is 11.6 Å². The molecule has 1 aromatic carbocycles. The van der Waals surface area contributed by atoms with E-state index in [2.05, 4.69) is 0 Å². The van der Waals surface area contributed by atoms with Crippen molar-refractivity contribution in [2.24, 2.45) is 0 Å². The molecule has 1 amide bonds. The third kappa shape index (κ3) is 4.39. The van der Waals surface area contributed by atoms with Gasteiger partial charge in [0.2, 0.25) is 0 Å². The number of benzene rings is 1. The SMILES string of the molecule is CC(C)(C)OC(=O)N1CCN(c2cc(N)c(N)cc2Cl)CC1C(=O)O. The number of hydrogen-bond acceptors (Lipinski definition) is 6. The van der Waals surface area contributed by atoms with Crippen molar-refractivity contribution in [2.45, 2.75) is 32.4 Å². The minimum atomic E-state index is -1.12. The van der Waals surface area contributed by atoms with Gasteiger partial charge >= 0.3 is 12.1 Å². The summed E-state index contributed by atoms with van der Waals surface area (Å²) in [5, 5.41) is 9.91. The number of nitrogens with zero attached hydrogens (tertiary/aromatic N) is 2. The second kappa shape index (κ2) is 6.87. The van der Waals surface area contributed by atoms with Crippen LogP contribution in [0, 0.1) is 0 Å². The van der Waals surface area contributed by atoms with E-state index in [0.717, 1.165) is 0 Å². The molecule has 5 N–H and O–H groups in total. The number of hydrogen-bond donors (Lipinski definition) is 3. The molecule has 0 aliphatic carbocycles. The molecule has 0 radical (unpaired) electrons. The highest BCUT2D eigenvalue weighted by Gasteiger charge is 2.38. The summed E-state index contributed by atoms with van der Waals surface area (Å²) in [5.74, 6) is -1.12. The van der Waals surface area contributed by atoms with Crippen LogP contribution in [0.2, 0.25) is 5.02 Å². The maximum atomic E-state index is 12.3. The minimum Gasteiger partial charge on any atom is -0.480 e. The summed E-state index contributed by atoms with van der Waals surface area (Å²) in [6.07, 6.45) is -0.650. The molecule has 0 saturated carbocycles. The first-order chi connectivity index (χ1) is 11.5. The van der Waals surface area contributed by atoms with Gasteiger partial charge in [0, 0.05) is 19.6 Å². The van der Waals surface area contributed by atoms with E-state index in [1.807, 2.05) is 0 Å². The van der Waals surface area contributed by atoms with Crippen LogP contribution in [0.1, 0.15) is 20.8 Å². The number of aliphatic carboxylic acids is 1. The van der Waals surface area contributed by atoms with Gasteiger partial charge in [-0.25, -0.2) is 9.59 Å². The van der Waals surface area contributed by atoms with Crippen molar-refractivity contribution in [3.8, 4) is 0 Å². The van der Waals surface area contributed by atoms with Crippen molar-refractivity contribution < 1.29 is 19.4 Å². The number of amides is 1. The molecule has 1 fully saturated rings. The molecule has 1 heterocycles. The van der Waals surface area contributed by atoms with Gasteiger partial charge in [-0.1, -0.05) is 11.6 Å². The lowest BCUT2D eigenvalue weighted by Crippen LogP contribution is -2.59. The molecule has 1 unspecified atom stereocenters. The molecule has 138 valence electrons. The van der Waals surface area contributed by atoms with Crippen molar-refractivity contribution in [3.63, 3.8) is 0 Å². The summed E-state index contributed by atoms with van der Waals surface area (Å²) >= 11 is 6.22. The lowest BCUT2D eigenvalue weighted by molar-refractivity contribution is -0.143. The normalized spacial score (nSPS) is 18.2. The van der Waals surface area contributed by atoms with Crippen LogP contribution in [0.3, 0.4) is 0 Å². The van der Waals surface area contributed by atoms with Gasteiger partial charge in [0.1, 0.15) is 11.6 Å². The first-order valence-electron chi connectivity index (χ1n) is 7.81. The van der Waals surface area contributed by atoms with Crippen molar-refractivity contribution in [1.29, 1.82) is 0 Å². The van der Waals surface area contributed by atoms with Crippen LogP contribution in [0.25, 0.3) is 0 Å². The van der Waals surface area contributed by atoms with E-state index < -0.39 is 23.7 Å². The summed E-state index contributed by atoms with van der Waals surface area (Å²) < 4.78 is 5.30. The number of ether oxygens (including phenoxy) is 1. The second-order valence-electron chi connectivity index (χ2n) is 6.91. The molecule has 0 spiro atoms. The van der Waals surface area contributed by atoms with E-state index >= 15 is 0 Å². The molecule has 9 heteroatoms. The summed E-state index contributed by atoms with van der Waals surface area (Å²) in [4.78, 5) is 27.0. The number of piperazine rings is 1. The zero-order valence-corrected chi connectivity index (χ0v) is 15.2. The Morgan fingerprint density at radius 3 is 2.40 bits per heavy atom. The lowest BCUT2D eigenvalue weighted by Gasteiger charge is -2.41. The van der Waals surface area contributed by atoms with E-state index in [9.17, 15) is 14.7 Å². The average molecular weight is 371 g/mol. The Balaban J connectivity index is 2.23. The third-order valence-electron chi connectivity index (χ3n) is 3.79. The smallest absolute Gasteiger partial charge is 0.411 e. The second-order valence-corrected chi connectivity index (χ2v) is 7.31. The molecular weight excluding hydrogens is 348 g/mol. The van der Waals surface area contributed by atoms with Gasteiger partial charge < -0.3 is 26.2 Å². The predicted octanol–water partition coefficient (Wildman–Crippen LogP) is 2.01. The fourth-order valence-electron chi connectivity index (χ4n) is 2.59. The lowest BCUT2D eigenvalue weighted by atomic mass is 10.1. The zero-order chi connectivity index (χ0) is 18.9. The first-order valence-corrected chi connectivity index (χ1v) is 8.19. The van der Waals surface area contributed by atoms with E-state index in [0.29, 0.717) is 28.6 Å².